The van der Waals surface area contributed by atoms with Gasteiger partial charge in [-0.1, -0.05) is 6.07 Å². The Hall–Kier alpha value is -3.05. The third kappa shape index (κ3) is 5.58. The molecule has 1 N–H and O–H groups in total. The molecule has 3 aliphatic rings. The second-order valence-corrected chi connectivity index (χ2v) is 11.1. The van der Waals surface area contributed by atoms with Gasteiger partial charge in [0.05, 0.1) is 17.7 Å². The second-order valence-electron chi connectivity index (χ2n) is 11.1. The minimum atomic E-state index is -4.74. The van der Waals surface area contributed by atoms with Crippen molar-refractivity contribution in [2.45, 2.75) is 62.3 Å². The van der Waals surface area contributed by atoms with Crippen LogP contribution in [-0.2, 0) is 15.7 Å². The number of carbonyl (C=O) groups excluding carboxylic acids is 1. The van der Waals surface area contributed by atoms with Gasteiger partial charge in [0, 0.05) is 18.8 Å². The van der Waals surface area contributed by atoms with Gasteiger partial charge in [-0.3, -0.25) is 9.69 Å². The largest absolute Gasteiger partial charge is 0.478 e. The average molecular weight is 567 g/mol. The van der Waals surface area contributed by atoms with Crippen molar-refractivity contribution in [2.24, 2.45) is 5.92 Å². The molecule has 216 valence electrons. The lowest BCUT2D eigenvalue weighted by Gasteiger charge is -2.46. The summed E-state index contributed by atoms with van der Waals surface area (Å²) >= 11 is 0. The maximum Gasteiger partial charge on any atom is 0.416 e. The summed E-state index contributed by atoms with van der Waals surface area (Å²) in [5, 5.41) is 9.23. The number of hydrogen-bond acceptors (Lipinski definition) is 4. The monoisotopic (exact) mass is 566 g/mol. The molecule has 40 heavy (non-hydrogen) atoms. The quantitative estimate of drug-likeness (QED) is 0.445. The third-order valence-corrected chi connectivity index (χ3v) is 8.62. The SMILES string of the molecule is CN(C(=O)[C@@]1(C2CC2)CC[C@@H](N2CCC(c3ccc(F)c(C(=O)O)c3)CC2)CO1)c1cc(F)cc(C(F)(F)F)c1. The normalized spacial score (nSPS) is 24.6. The molecule has 6 nitrogen and oxygen atoms in total. The first-order valence-corrected chi connectivity index (χ1v) is 13.5. The van der Waals surface area contributed by atoms with Crippen LogP contribution in [0.15, 0.2) is 36.4 Å². The highest BCUT2D eigenvalue weighted by Gasteiger charge is 2.55. The fourth-order valence-corrected chi connectivity index (χ4v) is 6.18. The smallest absolute Gasteiger partial charge is 0.416 e. The molecule has 1 aliphatic carbocycles. The molecule has 1 amide bonds. The summed E-state index contributed by atoms with van der Waals surface area (Å²) in [7, 11) is 1.35. The summed E-state index contributed by atoms with van der Waals surface area (Å²) < 4.78 is 73.9. The molecule has 2 aromatic carbocycles. The lowest BCUT2D eigenvalue weighted by molar-refractivity contribution is -0.162. The average Bonchev–Trinajstić information content (AvgIpc) is 3.78. The number of likely N-dealkylation sites (N-methyl/N-ethyl adjacent to an activating group) is 1. The lowest BCUT2D eigenvalue weighted by atomic mass is 9.84. The standard InChI is InChI=1S/C29H31F5N2O4/c1-35(23-14-20(29(32,33)34)13-21(30)15-23)27(39)28(19-3-4-19)9-6-22(16-40-28)36-10-7-17(8-11-36)18-2-5-25(31)24(12-18)26(37)38/h2,5,12-15,17,19,22H,3-4,6-11,16H2,1H3,(H,37,38)/t22-,28+/m1/s1. The number of hydrogen-bond donors (Lipinski definition) is 1. The van der Waals surface area contributed by atoms with Crippen molar-refractivity contribution in [3.8, 4) is 0 Å². The summed E-state index contributed by atoms with van der Waals surface area (Å²) in [6.07, 6.45) is -0.586. The van der Waals surface area contributed by atoms with Crippen molar-refractivity contribution in [1.29, 1.82) is 0 Å². The fraction of sp³-hybridized carbons (Fsp3) is 0.517. The zero-order valence-corrected chi connectivity index (χ0v) is 22.0. The Labute approximate surface area is 228 Å². The molecule has 3 fully saturated rings. The lowest BCUT2D eigenvalue weighted by Crippen LogP contribution is -2.57. The highest BCUT2D eigenvalue weighted by molar-refractivity contribution is 5.99. The molecule has 5 rings (SSSR count). The summed E-state index contributed by atoms with van der Waals surface area (Å²) in [6.45, 7) is 1.75. The maximum atomic E-state index is 14.0. The van der Waals surface area contributed by atoms with Crippen molar-refractivity contribution < 1.29 is 41.4 Å². The maximum absolute atomic E-state index is 14.0. The van der Waals surface area contributed by atoms with E-state index >= 15 is 0 Å². The van der Waals surface area contributed by atoms with E-state index in [1.165, 1.54) is 19.2 Å². The number of alkyl halides is 3. The van der Waals surface area contributed by atoms with Gasteiger partial charge in [0.15, 0.2) is 0 Å². The van der Waals surface area contributed by atoms with E-state index in [1.807, 2.05) is 0 Å². The Kier molecular flexibility index (Phi) is 7.64. The molecule has 11 heteroatoms. The molecule has 2 aromatic rings. The molecule has 2 heterocycles. The van der Waals surface area contributed by atoms with E-state index in [0.717, 1.165) is 61.4 Å². The number of anilines is 1. The number of nitrogens with zero attached hydrogens (tertiary/aromatic N) is 2. The van der Waals surface area contributed by atoms with Crippen LogP contribution < -0.4 is 4.90 Å². The van der Waals surface area contributed by atoms with Crippen molar-refractivity contribution in [1.82, 2.24) is 4.90 Å². The predicted molar refractivity (Wildman–Crippen MR) is 136 cm³/mol. The number of carboxylic acid groups (broad SMARTS) is 1. The molecule has 2 atom stereocenters. The van der Waals surface area contributed by atoms with Gasteiger partial charge in [0.1, 0.15) is 17.2 Å². The molecule has 2 saturated heterocycles. The minimum Gasteiger partial charge on any atom is -0.478 e. The molecular weight excluding hydrogens is 535 g/mol. The molecule has 0 aromatic heterocycles. The number of rotatable bonds is 6. The number of amides is 1. The van der Waals surface area contributed by atoms with Gasteiger partial charge < -0.3 is 14.7 Å². The predicted octanol–water partition coefficient (Wildman–Crippen LogP) is 5.85. The summed E-state index contributed by atoms with van der Waals surface area (Å²) in [5.74, 6) is -3.52. The van der Waals surface area contributed by atoms with Crippen molar-refractivity contribution >= 4 is 17.6 Å². The Bertz CT molecular complexity index is 1280. The van der Waals surface area contributed by atoms with Crippen LogP contribution in [0.2, 0.25) is 0 Å². The van der Waals surface area contributed by atoms with E-state index in [9.17, 15) is 36.6 Å². The third-order valence-electron chi connectivity index (χ3n) is 8.62. The first kappa shape index (κ1) is 28.5. The van der Waals surface area contributed by atoms with Crippen LogP contribution in [0.5, 0.6) is 0 Å². The van der Waals surface area contributed by atoms with Crippen LogP contribution in [0.1, 0.15) is 65.9 Å². The molecule has 2 aliphatic heterocycles. The zero-order chi connectivity index (χ0) is 28.8. The molecule has 0 unspecified atom stereocenters. The number of ether oxygens (including phenoxy) is 1. The number of carbonyl (C=O) groups is 2. The number of carboxylic acids is 1. The summed E-state index contributed by atoms with van der Waals surface area (Å²) in [6, 6.07) is 6.39. The number of likely N-dealkylation sites (tertiary alicyclic amines) is 1. The van der Waals surface area contributed by atoms with E-state index in [0.29, 0.717) is 18.9 Å². The highest BCUT2D eigenvalue weighted by Crippen LogP contribution is 2.48. The molecule has 0 radical (unpaired) electrons. The Morgan fingerprint density at radius 3 is 2.30 bits per heavy atom. The van der Waals surface area contributed by atoms with Crippen LogP contribution >= 0.6 is 0 Å². The zero-order valence-electron chi connectivity index (χ0n) is 22.0. The van der Waals surface area contributed by atoms with E-state index in [4.69, 9.17) is 4.74 Å². The van der Waals surface area contributed by atoms with Gasteiger partial charge in [0.25, 0.3) is 5.91 Å². The van der Waals surface area contributed by atoms with E-state index in [2.05, 4.69) is 4.90 Å². The Morgan fingerprint density at radius 1 is 1.02 bits per heavy atom. The van der Waals surface area contributed by atoms with Gasteiger partial charge in [-0.2, -0.15) is 13.2 Å². The van der Waals surface area contributed by atoms with Crippen LogP contribution in [0.4, 0.5) is 27.6 Å². The first-order valence-electron chi connectivity index (χ1n) is 13.5. The number of benzene rings is 2. The molecular formula is C29H31F5N2O4. The van der Waals surface area contributed by atoms with Crippen molar-refractivity contribution in [2.75, 3.05) is 31.6 Å². The number of aromatic carboxylic acids is 1. The number of halogens is 5. The first-order chi connectivity index (χ1) is 18.9. The van der Waals surface area contributed by atoms with Gasteiger partial charge in [-0.15, -0.1) is 0 Å². The van der Waals surface area contributed by atoms with Crippen molar-refractivity contribution in [3.05, 3.63) is 64.7 Å². The summed E-state index contributed by atoms with van der Waals surface area (Å²) in [4.78, 5) is 28.3. The minimum absolute atomic E-state index is 0.0355. The van der Waals surface area contributed by atoms with E-state index in [-0.39, 0.29) is 35.7 Å². The number of piperidine rings is 1. The molecule has 1 saturated carbocycles. The van der Waals surface area contributed by atoms with Crippen LogP contribution in [0.3, 0.4) is 0 Å². The Morgan fingerprint density at radius 2 is 1.73 bits per heavy atom. The van der Waals surface area contributed by atoms with Gasteiger partial charge in [-0.05, 0) is 99.3 Å². The molecule has 0 spiro atoms. The van der Waals surface area contributed by atoms with Crippen molar-refractivity contribution in [3.63, 3.8) is 0 Å². The molecule has 0 bridgehead atoms. The van der Waals surface area contributed by atoms with E-state index < -0.39 is 40.9 Å². The highest BCUT2D eigenvalue weighted by atomic mass is 19.4. The van der Waals surface area contributed by atoms with Crippen LogP contribution in [0.25, 0.3) is 0 Å². The van der Waals surface area contributed by atoms with Gasteiger partial charge >= 0.3 is 12.1 Å². The van der Waals surface area contributed by atoms with Crippen LogP contribution in [0, 0.1) is 17.6 Å². The van der Waals surface area contributed by atoms with Gasteiger partial charge in [0.2, 0.25) is 0 Å². The topological polar surface area (TPSA) is 70.1 Å². The summed E-state index contributed by atoms with van der Waals surface area (Å²) in [5.41, 5.74) is -2.02. The Balaban J connectivity index is 1.23. The fourth-order valence-electron chi connectivity index (χ4n) is 6.18. The second kappa shape index (κ2) is 10.7. The van der Waals surface area contributed by atoms with Gasteiger partial charge in [-0.25, -0.2) is 13.6 Å². The van der Waals surface area contributed by atoms with Crippen LogP contribution in [-0.4, -0.2) is 60.3 Å². The van der Waals surface area contributed by atoms with E-state index in [1.54, 1.807) is 6.07 Å².